The van der Waals surface area contributed by atoms with Crippen molar-refractivity contribution >= 4 is 23.6 Å². The molecular weight excluding hydrogens is 247 g/mol. The lowest BCUT2D eigenvalue weighted by molar-refractivity contribution is -0.141. The van der Waals surface area contributed by atoms with Gasteiger partial charge in [0, 0.05) is 11.6 Å². The van der Waals surface area contributed by atoms with Gasteiger partial charge in [0.15, 0.2) is 5.69 Å². The summed E-state index contributed by atoms with van der Waals surface area (Å²) in [6.45, 7) is 0. The van der Waals surface area contributed by atoms with Crippen LogP contribution in [-0.4, -0.2) is 16.1 Å². The average molecular weight is 252 g/mol. The quantitative estimate of drug-likeness (QED) is 0.649. The van der Waals surface area contributed by atoms with Crippen LogP contribution in [0.25, 0.3) is 6.08 Å². The van der Waals surface area contributed by atoms with E-state index in [9.17, 15) is 18.0 Å². The molecule has 0 radical (unpaired) electrons. The van der Waals surface area contributed by atoms with E-state index in [1.54, 1.807) is 0 Å². The Morgan fingerprint density at radius 2 is 2.06 bits per heavy atom. The molecule has 0 aliphatic rings. The predicted molar refractivity (Wildman–Crippen MR) is 50.9 cm³/mol. The summed E-state index contributed by atoms with van der Waals surface area (Å²) in [7, 11) is 0. The highest BCUT2D eigenvalue weighted by atomic mass is 35.5. The Labute approximate surface area is 93.2 Å². The number of carboxylic acids is 1. The molecule has 86 valence electrons. The lowest BCUT2D eigenvalue weighted by Gasteiger charge is -2.08. The van der Waals surface area contributed by atoms with Crippen LogP contribution in [0.15, 0.2) is 18.2 Å². The largest absolute Gasteiger partial charge is 0.478 e. The molecule has 7 heteroatoms. The maximum absolute atomic E-state index is 12.5. The first kappa shape index (κ1) is 12.5. The summed E-state index contributed by atoms with van der Waals surface area (Å²) in [6.07, 6.45) is -3.27. The predicted octanol–water partition coefficient (Wildman–Crippen LogP) is 2.85. The van der Waals surface area contributed by atoms with Gasteiger partial charge >= 0.3 is 12.1 Å². The van der Waals surface area contributed by atoms with Gasteiger partial charge in [0.2, 0.25) is 0 Å². The number of aliphatic carboxylic acids is 1. The topological polar surface area (TPSA) is 50.2 Å². The number of aromatic nitrogens is 1. The van der Waals surface area contributed by atoms with E-state index < -0.39 is 17.8 Å². The number of alkyl halides is 3. The van der Waals surface area contributed by atoms with E-state index in [1.165, 1.54) is 0 Å². The third-order valence-electron chi connectivity index (χ3n) is 1.57. The van der Waals surface area contributed by atoms with Crippen molar-refractivity contribution in [1.82, 2.24) is 4.98 Å². The zero-order chi connectivity index (χ0) is 12.3. The molecular formula is C9H5ClF3NO2. The Morgan fingerprint density at radius 1 is 1.44 bits per heavy atom. The van der Waals surface area contributed by atoms with E-state index in [-0.39, 0.29) is 10.7 Å². The van der Waals surface area contributed by atoms with Crippen molar-refractivity contribution in [3.8, 4) is 0 Å². The fourth-order valence-corrected chi connectivity index (χ4v) is 1.12. The van der Waals surface area contributed by atoms with Crippen molar-refractivity contribution in [2.45, 2.75) is 6.18 Å². The lowest BCUT2D eigenvalue weighted by atomic mass is 10.1. The number of carbonyl (C=O) groups is 1. The van der Waals surface area contributed by atoms with Gasteiger partial charge in [-0.05, 0) is 18.2 Å². The highest BCUT2D eigenvalue weighted by Crippen LogP contribution is 2.31. The monoisotopic (exact) mass is 251 g/mol. The normalized spacial score (nSPS) is 12.0. The van der Waals surface area contributed by atoms with Crippen LogP contribution in [0.5, 0.6) is 0 Å². The van der Waals surface area contributed by atoms with Gasteiger partial charge in [0.25, 0.3) is 0 Å². The summed E-state index contributed by atoms with van der Waals surface area (Å²) in [5.74, 6) is -1.34. The van der Waals surface area contributed by atoms with E-state index in [1.807, 2.05) is 0 Å². The van der Waals surface area contributed by atoms with Crippen molar-refractivity contribution in [2.75, 3.05) is 0 Å². The molecule has 0 spiro atoms. The zero-order valence-corrected chi connectivity index (χ0v) is 8.38. The van der Waals surface area contributed by atoms with Crippen molar-refractivity contribution in [1.29, 1.82) is 0 Å². The van der Waals surface area contributed by atoms with Crippen LogP contribution in [0.3, 0.4) is 0 Å². The molecule has 0 saturated carbocycles. The lowest BCUT2D eigenvalue weighted by Crippen LogP contribution is -2.10. The molecule has 1 aromatic rings. The number of halogens is 4. The minimum absolute atomic E-state index is 0.306. The van der Waals surface area contributed by atoms with Gasteiger partial charge in [-0.2, -0.15) is 13.2 Å². The van der Waals surface area contributed by atoms with Gasteiger partial charge in [-0.1, -0.05) is 11.6 Å². The van der Waals surface area contributed by atoms with Crippen LogP contribution in [0, 0.1) is 0 Å². The maximum Gasteiger partial charge on any atom is 0.433 e. The van der Waals surface area contributed by atoms with Crippen LogP contribution in [0.1, 0.15) is 11.3 Å². The average Bonchev–Trinajstić information content (AvgIpc) is 2.14. The van der Waals surface area contributed by atoms with Crippen LogP contribution in [-0.2, 0) is 11.0 Å². The van der Waals surface area contributed by atoms with E-state index in [0.29, 0.717) is 6.08 Å². The van der Waals surface area contributed by atoms with Gasteiger partial charge in [0.05, 0.1) is 0 Å². The fourth-order valence-electron chi connectivity index (χ4n) is 0.969. The zero-order valence-electron chi connectivity index (χ0n) is 7.62. The molecule has 0 unspecified atom stereocenters. The molecule has 1 aromatic heterocycles. The number of rotatable bonds is 2. The first-order valence-electron chi connectivity index (χ1n) is 3.95. The second-order valence-electron chi connectivity index (χ2n) is 2.74. The van der Waals surface area contributed by atoms with Crippen LogP contribution < -0.4 is 0 Å². The van der Waals surface area contributed by atoms with Crippen molar-refractivity contribution < 1.29 is 23.1 Å². The minimum Gasteiger partial charge on any atom is -0.478 e. The van der Waals surface area contributed by atoms with Crippen molar-refractivity contribution in [2.24, 2.45) is 0 Å². The molecule has 3 nitrogen and oxygen atoms in total. The Morgan fingerprint density at radius 3 is 2.56 bits per heavy atom. The van der Waals surface area contributed by atoms with Gasteiger partial charge in [-0.15, -0.1) is 0 Å². The maximum atomic E-state index is 12.5. The smallest absolute Gasteiger partial charge is 0.433 e. The summed E-state index contributed by atoms with van der Waals surface area (Å²) in [4.78, 5) is 13.3. The van der Waals surface area contributed by atoms with Crippen LogP contribution >= 0.6 is 11.6 Å². The van der Waals surface area contributed by atoms with Gasteiger partial charge < -0.3 is 5.11 Å². The SMILES string of the molecule is O=C(O)/C=C/c1ccc(Cl)nc1C(F)(F)F. The number of pyridine rings is 1. The van der Waals surface area contributed by atoms with Crippen molar-refractivity contribution in [3.05, 3.63) is 34.6 Å². The number of carboxylic acid groups (broad SMARTS) is 1. The Bertz CT molecular complexity index is 443. The standard InChI is InChI=1S/C9H5ClF3NO2/c10-6-3-1-5(2-4-7(15)16)8(14-6)9(11,12)13/h1-4H,(H,15,16)/b4-2+. The molecule has 1 rings (SSSR count). The number of hydrogen-bond donors (Lipinski definition) is 1. The third-order valence-corrected chi connectivity index (χ3v) is 1.78. The van der Waals surface area contributed by atoms with Gasteiger partial charge in [0.1, 0.15) is 5.15 Å². The Hall–Kier alpha value is -1.56. The molecule has 0 bridgehead atoms. The van der Waals surface area contributed by atoms with Gasteiger partial charge in [-0.3, -0.25) is 0 Å². The minimum atomic E-state index is -4.68. The molecule has 1 heterocycles. The molecule has 0 aliphatic heterocycles. The summed E-state index contributed by atoms with van der Waals surface area (Å²) < 4.78 is 37.4. The molecule has 0 amide bonds. The van der Waals surface area contributed by atoms with E-state index in [2.05, 4.69) is 4.98 Å². The highest BCUT2D eigenvalue weighted by molar-refractivity contribution is 6.29. The number of nitrogens with zero attached hydrogens (tertiary/aromatic N) is 1. The van der Waals surface area contributed by atoms with E-state index in [0.717, 1.165) is 18.2 Å². The summed E-state index contributed by atoms with van der Waals surface area (Å²) in [6, 6.07) is 2.20. The Balaban J connectivity index is 3.23. The van der Waals surface area contributed by atoms with Gasteiger partial charge in [-0.25, -0.2) is 9.78 Å². The van der Waals surface area contributed by atoms with Crippen LogP contribution in [0.2, 0.25) is 5.15 Å². The summed E-state index contributed by atoms with van der Waals surface area (Å²) in [5.41, 5.74) is -1.56. The van der Waals surface area contributed by atoms with E-state index in [4.69, 9.17) is 16.7 Å². The fraction of sp³-hybridized carbons (Fsp3) is 0.111. The summed E-state index contributed by atoms with van der Waals surface area (Å²) in [5, 5.41) is 8.00. The second kappa shape index (κ2) is 4.52. The number of hydrogen-bond acceptors (Lipinski definition) is 2. The summed E-state index contributed by atoms with van der Waals surface area (Å²) >= 11 is 5.33. The molecule has 0 aliphatic carbocycles. The first-order chi connectivity index (χ1) is 7.30. The van der Waals surface area contributed by atoms with Crippen LogP contribution in [0.4, 0.5) is 13.2 Å². The Kier molecular flexibility index (Phi) is 3.54. The molecule has 0 saturated heterocycles. The molecule has 16 heavy (non-hydrogen) atoms. The van der Waals surface area contributed by atoms with E-state index >= 15 is 0 Å². The third kappa shape index (κ3) is 3.23. The highest BCUT2D eigenvalue weighted by Gasteiger charge is 2.35. The first-order valence-corrected chi connectivity index (χ1v) is 4.33. The molecule has 0 fully saturated rings. The molecule has 0 aromatic carbocycles. The molecule has 1 N–H and O–H groups in total. The van der Waals surface area contributed by atoms with Crippen molar-refractivity contribution in [3.63, 3.8) is 0 Å². The molecule has 0 atom stereocenters. The second-order valence-corrected chi connectivity index (χ2v) is 3.13.